The molecule has 27 heavy (non-hydrogen) atoms. The summed E-state index contributed by atoms with van der Waals surface area (Å²) in [5, 5.41) is 3.23. The maximum atomic E-state index is 12.7. The van der Waals surface area contributed by atoms with Gasteiger partial charge in [-0.05, 0) is 50.5 Å². The number of carbonyl (C=O) groups excluding carboxylic acids is 1. The highest BCUT2D eigenvalue weighted by atomic mass is 16.2. The number of hydrogen-bond donors (Lipinski definition) is 2. The molecule has 0 unspecified atom stereocenters. The molecule has 1 aliphatic heterocycles. The number of aromatic amines is 1. The van der Waals surface area contributed by atoms with Gasteiger partial charge in [-0.1, -0.05) is 0 Å². The first-order valence-corrected chi connectivity index (χ1v) is 8.99. The molecular formula is C19H20N6O2. The molecule has 0 aliphatic carbocycles. The average Bonchev–Trinajstić information content (AvgIpc) is 2.69. The third-order valence-electron chi connectivity index (χ3n) is 4.61. The van der Waals surface area contributed by atoms with Gasteiger partial charge >= 0.3 is 0 Å². The Morgan fingerprint density at radius 1 is 1.15 bits per heavy atom. The van der Waals surface area contributed by atoms with Gasteiger partial charge in [0.2, 0.25) is 5.95 Å². The fourth-order valence-electron chi connectivity index (χ4n) is 3.25. The molecule has 0 bridgehead atoms. The summed E-state index contributed by atoms with van der Waals surface area (Å²) in [5.74, 6) is 0.262. The third kappa shape index (κ3) is 3.64. The molecule has 1 fully saturated rings. The molecular weight excluding hydrogens is 344 g/mol. The largest absolute Gasteiger partial charge is 0.341 e. The first kappa shape index (κ1) is 17.1. The van der Waals surface area contributed by atoms with E-state index in [-0.39, 0.29) is 11.5 Å². The minimum atomic E-state index is -0.335. The lowest BCUT2D eigenvalue weighted by atomic mass is 10.1. The van der Waals surface area contributed by atoms with Crippen LogP contribution in [0.25, 0.3) is 10.9 Å². The third-order valence-corrected chi connectivity index (χ3v) is 4.61. The molecule has 0 saturated carbocycles. The van der Waals surface area contributed by atoms with Crippen molar-refractivity contribution in [1.82, 2.24) is 19.9 Å². The number of aryl methyl sites for hydroxylation is 1. The van der Waals surface area contributed by atoms with Gasteiger partial charge in [0.05, 0.1) is 17.2 Å². The van der Waals surface area contributed by atoms with E-state index in [1.807, 2.05) is 6.92 Å². The summed E-state index contributed by atoms with van der Waals surface area (Å²) in [6, 6.07) is 6.69. The van der Waals surface area contributed by atoms with Crippen LogP contribution in [-0.2, 0) is 0 Å². The zero-order valence-corrected chi connectivity index (χ0v) is 15.0. The van der Waals surface area contributed by atoms with Crippen molar-refractivity contribution in [3.8, 4) is 0 Å². The van der Waals surface area contributed by atoms with E-state index in [9.17, 15) is 9.59 Å². The van der Waals surface area contributed by atoms with E-state index >= 15 is 0 Å². The molecule has 2 aromatic heterocycles. The SMILES string of the molecule is Cc1cc(C(=O)Nc2ccc3nc[nH]c(=O)c3c2)nc(N2CCCCC2)n1. The minimum absolute atomic E-state index is 0.249. The monoisotopic (exact) mass is 364 g/mol. The van der Waals surface area contributed by atoms with Crippen LogP contribution < -0.4 is 15.8 Å². The average molecular weight is 364 g/mol. The van der Waals surface area contributed by atoms with Crippen LogP contribution in [0.2, 0.25) is 0 Å². The number of rotatable bonds is 3. The van der Waals surface area contributed by atoms with Crippen molar-refractivity contribution in [2.75, 3.05) is 23.3 Å². The number of hydrogen-bond acceptors (Lipinski definition) is 6. The molecule has 0 atom stereocenters. The van der Waals surface area contributed by atoms with Crippen LogP contribution in [-0.4, -0.2) is 38.9 Å². The Labute approximate surface area is 155 Å². The standard InChI is InChI=1S/C19H20N6O2/c1-12-9-16(24-19(22-12)25-7-3-2-4-8-25)18(27)23-13-5-6-15-14(10-13)17(26)21-11-20-15/h5-6,9-11H,2-4,7-8H2,1H3,(H,23,27)(H,20,21,26). The van der Waals surface area contributed by atoms with Crippen LogP contribution in [0.5, 0.6) is 0 Å². The Morgan fingerprint density at radius 2 is 1.96 bits per heavy atom. The normalized spacial score (nSPS) is 14.3. The minimum Gasteiger partial charge on any atom is -0.341 e. The lowest BCUT2D eigenvalue weighted by molar-refractivity contribution is 0.102. The Morgan fingerprint density at radius 3 is 2.78 bits per heavy atom. The van der Waals surface area contributed by atoms with Crippen LogP contribution in [0, 0.1) is 6.92 Å². The van der Waals surface area contributed by atoms with E-state index in [1.54, 1.807) is 24.3 Å². The smallest absolute Gasteiger partial charge is 0.274 e. The van der Waals surface area contributed by atoms with E-state index in [4.69, 9.17) is 0 Å². The van der Waals surface area contributed by atoms with E-state index < -0.39 is 0 Å². The number of H-pyrrole nitrogens is 1. The van der Waals surface area contributed by atoms with Crippen LogP contribution in [0.4, 0.5) is 11.6 Å². The zero-order valence-electron chi connectivity index (χ0n) is 15.0. The maximum absolute atomic E-state index is 12.7. The summed E-state index contributed by atoms with van der Waals surface area (Å²) in [7, 11) is 0. The molecule has 1 aliphatic rings. The zero-order chi connectivity index (χ0) is 18.8. The summed E-state index contributed by atoms with van der Waals surface area (Å²) in [4.78, 5) is 42.3. The Kier molecular flexibility index (Phi) is 4.53. The van der Waals surface area contributed by atoms with Gasteiger partial charge in [-0.2, -0.15) is 0 Å². The quantitative estimate of drug-likeness (QED) is 0.739. The Bertz CT molecular complexity index is 1060. The summed E-state index contributed by atoms with van der Waals surface area (Å²) in [6.45, 7) is 3.67. The Balaban J connectivity index is 1.60. The van der Waals surface area contributed by atoms with Crippen molar-refractivity contribution in [3.63, 3.8) is 0 Å². The number of aromatic nitrogens is 4. The number of piperidine rings is 1. The first-order chi connectivity index (χ1) is 13.1. The first-order valence-electron chi connectivity index (χ1n) is 8.99. The lowest BCUT2D eigenvalue weighted by Gasteiger charge is -2.27. The van der Waals surface area contributed by atoms with Gasteiger partial charge in [0, 0.05) is 24.5 Å². The number of benzene rings is 1. The number of amides is 1. The number of carbonyl (C=O) groups is 1. The lowest BCUT2D eigenvalue weighted by Crippen LogP contribution is -2.31. The van der Waals surface area contributed by atoms with E-state index in [1.165, 1.54) is 12.7 Å². The maximum Gasteiger partial charge on any atom is 0.274 e. The van der Waals surface area contributed by atoms with Crippen LogP contribution in [0.1, 0.15) is 35.4 Å². The van der Waals surface area contributed by atoms with E-state index in [2.05, 4.69) is 30.2 Å². The Hall–Kier alpha value is -3.29. The fourth-order valence-corrected chi connectivity index (χ4v) is 3.25. The number of fused-ring (bicyclic) bond motifs is 1. The molecule has 3 heterocycles. The number of nitrogens with zero attached hydrogens (tertiary/aromatic N) is 4. The number of anilines is 2. The number of nitrogens with one attached hydrogen (secondary N) is 2. The van der Waals surface area contributed by atoms with Gasteiger partial charge in [-0.15, -0.1) is 0 Å². The molecule has 4 rings (SSSR count). The highest BCUT2D eigenvalue weighted by Gasteiger charge is 2.17. The molecule has 1 aromatic carbocycles. The van der Waals surface area contributed by atoms with Gasteiger partial charge in [-0.3, -0.25) is 9.59 Å². The molecule has 1 amide bonds. The van der Waals surface area contributed by atoms with Crippen molar-refractivity contribution in [1.29, 1.82) is 0 Å². The fraction of sp³-hybridized carbons (Fsp3) is 0.316. The van der Waals surface area contributed by atoms with Gasteiger partial charge in [0.15, 0.2) is 0 Å². The van der Waals surface area contributed by atoms with Gasteiger partial charge in [0.1, 0.15) is 5.69 Å². The molecule has 2 N–H and O–H groups in total. The van der Waals surface area contributed by atoms with E-state index in [0.29, 0.717) is 28.2 Å². The van der Waals surface area contributed by atoms with Crippen LogP contribution in [0.3, 0.4) is 0 Å². The summed E-state index contributed by atoms with van der Waals surface area (Å²) < 4.78 is 0. The van der Waals surface area contributed by atoms with Crippen LogP contribution in [0.15, 0.2) is 35.4 Å². The summed E-state index contributed by atoms with van der Waals surface area (Å²) in [5.41, 5.74) is 1.89. The topological polar surface area (TPSA) is 104 Å². The molecule has 138 valence electrons. The molecule has 3 aromatic rings. The summed E-state index contributed by atoms with van der Waals surface area (Å²) in [6.07, 6.45) is 4.79. The molecule has 8 nitrogen and oxygen atoms in total. The molecule has 0 spiro atoms. The molecule has 8 heteroatoms. The van der Waals surface area contributed by atoms with Crippen molar-refractivity contribution in [2.45, 2.75) is 26.2 Å². The predicted molar refractivity (Wildman–Crippen MR) is 103 cm³/mol. The second-order valence-electron chi connectivity index (χ2n) is 6.66. The van der Waals surface area contributed by atoms with Crippen molar-refractivity contribution in [2.24, 2.45) is 0 Å². The highest BCUT2D eigenvalue weighted by molar-refractivity contribution is 6.04. The van der Waals surface area contributed by atoms with Crippen LogP contribution >= 0.6 is 0 Å². The molecule has 0 radical (unpaired) electrons. The van der Waals surface area contributed by atoms with Gasteiger partial charge < -0.3 is 15.2 Å². The van der Waals surface area contributed by atoms with E-state index in [0.717, 1.165) is 31.6 Å². The second kappa shape index (κ2) is 7.14. The van der Waals surface area contributed by atoms with Gasteiger partial charge in [0.25, 0.3) is 11.5 Å². The van der Waals surface area contributed by atoms with Crippen molar-refractivity contribution in [3.05, 3.63) is 52.3 Å². The highest BCUT2D eigenvalue weighted by Crippen LogP contribution is 2.18. The second-order valence-corrected chi connectivity index (χ2v) is 6.66. The summed E-state index contributed by atoms with van der Waals surface area (Å²) >= 11 is 0. The predicted octanol–water partition coefficient (Wildman–Crippen LogP) is 2.26. The van der Waals surface area contributed by atoms with Crippen molar-refractivity contribution < 1.29 is 4.79 Å². The molecule has 1 saturated heterocycles. The van der Waals surface area contributed by atoms with Gasteiger partial charge in [-0.25, -0.2) is 15.0 Å². The van der Waals surface area contributed by atoms with Crippen molar-refractivity contribution >= 4 is 28.4 Å².